The lowest BCUT2D eigenvalue weighted by atomic mass is 10.3. The van der Waals surface area contributed by atoms with Gasteiger partial charge in [-0.2, -0.15) is 9.90 Å². The molecule has 7 nitrogen and oxygen atoms in total. The number of hydrogen-bond acceptors (Lipinski definition) is 5. The van der Waals surface area contributed by atoms with Crippen molar-refractivity contribution in [2.75, 3.05) is 46.3 Å². The number of likely N-dealkylation sites (N-methyl/N-ethyl adjacent to an activating group) is 1. The van der Waals surface area contributed by atoms with Crippen molar-refractivity contribution >= 4 is 5.91 Å². The molecule has 7 heteroatoms. The summed E-state index contributed by atoms with van der Waals surface area (Å²) in [6, 6.07) is 9.56. The molecule has 0 unspecified atom stereocenters. The number of benzene rings is 1. The number of hydrogen-bond donors (Lipinski definition) is 1. The smallest absolute Gasteiger partial charge is 0.273 e. The summed E-state index contributed by atoms with van der Waals surface area (Å²) < 4.78 is 0. The third-order valence-electron chi connectivity index (χ3n) is 4.24. The van der Waals surface area contributed by atoms with Crippen LogP contribution in [0, 0.1) is 0 Å². The van der Waals surface area contributed by atoms with E-state index in [0.29, 0.717) is 12.2 Å². The maximum Gasteiger partial charge on any atom is 0.273 e. The van der Waals surface area contributed by atoms with Gasteiger partial charge in [-0.3, -0.25) is 4.79 Å². The van der Waals surface area contributed by atoms with Gasteiger partial charge in [0.1, 0.15) is 0 Å². The summed E-state index contributed by atoms with van der Waals surface area (Å²) in [4.78, 5) is 18.4. The van der Waals surface area contributed by atoms with Crippen LogP contribution in [0.2, 0.25) is 0 Å². The fourth-order valence-corrected chi connectivity index (χ4v) is 2.72. The second-order valence-electron chi connectivity index (χ2n) is 6.11. The monoisotopic (exact) mass is 328 g/mol. The fourth-order valence-electron chi connectivity index (χ4n) is 2.72. The zero-order valence-corrected chi connectivity index (χ0v) is 14.1. The molecule has 3 rings (SSSR count). The first-order valence-electron chi connectivity index (χ1n) is 8.39. The highest BCUT2D eigenvalue weighted by atomic mass is 16.2. The highest BCUT2D eigenvalue weighted by molar-refractivity contribution is 5.91. The van der Waals surface area contributed by atoms with Gasteiger partial charge in [-0.05, 0) is 32.1 Å². The molecule has 0 radical (unpaired) electrons. The van der Waals surface area contributed by atoms with E-state index in [1.807, 2.05) is 30.3 Å². The van der Waals surface area contributed by atoms with Gasteiger partial charge >= 0.3 is 0 Å². The van der Waals surface area contributed by atoms with Gasteiger partial charge in [-0.25, -0.2) is 0 Å². The summed E-state index contributed by atoms with van der Waals surface area (Å²) >= 11 is 0. The van der Waals surface area contributed by atoms with E-state index >= 15 is 0 Å². The molecule has 0 spiro atoms. The highest BCUT2D eigenvalue weighted by Crippen LogP contribution is 2.04. The molecule has 128 valence electrons. The van der Waals surface area contributed by atoms with Crippen LogP contribution in [0.25, 0.3) is 5.69 Å². The molecule has 0 saturated carbocycles. The van der Waals surface area contributed by atoms with Crippen molar-refractivity contribution in [1.82, 2.24) is 30.1 Å². The molecule has 1 amide bonds. The maximum absolute atomic E-state index is 12.1. The number of carbonyl (C=O) groups excluding carboxylic acids is 1. The second-order valence-corrected chi connectivity index (χ2v) is 6.11. The number of nitrogens with one attached hydrogen (secondary N) is 1. The van der Waals surface area contributed by atoms with E-state index in [4.69, 9.17) is 0 Å². The van der Waals surface area contributed by atoms with E-state index in [2.05, 4.69) is 32.4 Å². The van der Waals surface area contributed by atoms with Crippen LogP contribution in [0.3, 0.4) is 0 Å². The quantitative estimate of drug-likeness (QED) is 0.788. The fraction of sp³-hybridized carbons (Fsp3) is 0.471. The normalized spacial score (nSPS) is 16.2. The molecule has 1 aromatic heterocycles. The minimum absolute atomic E-state index is 0.171. The first-order chi connectivity index (χ1) is 11.7. The van der Waals surface area contributed by atoms with Crippen LogP contribution >= 0.6 is 0 Å². The van der Waals surface area contributed by atoms with Crippen LogP contribution in [0.5, 0.6) is 0 Å². The molecular weight excluding hydrogens is 304 g/mol. The number of para-hydroxylation sites is 1. The molecule has 1 aliphatic rings. The Bertz CT molecular complexity index is 648. The summed E-state index contributed by atoms with van der Waals surface area (Å²) in [7, 11) is 2.15. The van der Waals surface area contributed by atoms with Gasteiger partial charge in [0, 0.05) is 32.7 Å². The molecule has 1 N–H and O–H groups in total. The number of carbonyl (C=O) groups is 1. The molecule has 1 saturated heterocycles. The molecule has 1 aliphatic heterocycles. The summed E-state index contributed by atoms with van der Waals surface area (Å²) in [5, 5.41) is 11.3. The van der Waals surface area contributed by atoms with Gasteiger partial charge in [-0.15, -0.1) is 5.10 Å². The van der Waals surface area contributed by atoms with Crippen LogP contribution in [-0.4, -0.2) is 77.0 Å². The largest absolute Gasteiger partial charge is 0.351 e. The molecule has 0 bridgehead atoms. The van der Waals surface area contributed by atoms with Gasteiger partial charge in [0.2, 0.25) is 0 Å². The van der Waals surface area contributed by atoms with E-state index in [9.17, 15) is 4.79 Å². The Labute approximate surface area is 142 Å². The number of rotatable bonds is 6. The van der Waals surface area contributed by atoms with Crippen molar-refractivity contribution in [3.8, 4) is 5.69 Å². The van der Waals surface area contributed by atoms with Gasteiger partial charge in [-0.1, -0.05) is 18.2 Å². The van der Waals surface area contributed by atoms with Crippen LogP contribution in [0.15, 0.2) is 36.5 Å². The summed E-state index contributed by atoms with van der Waals surface area (Å²) in [6.07, 6.45) is 2.45. The molecule has 0 aliphatic carbocycles. The molecule has 2 heterocycles. The van der Waals surface area contributed by atoms with Gasteiger partial charge in [0.05, 0.1) is 11.9 Å². The van der Waals surface area contributed by atoms with Crippen molar-refractivity contribution in [2.24, 2.45) is 0 Å². The van der Waals surface area contributed by atoms with Crippen molar-refractivity contribution in [3.05, 3.63) is 42.2 Å². The highest BCUT2D eigenvalue weighted by Gasteiger charge is 2.14. The predicted octanol–water partition coefficient (Wildman–Crippen LogP) is 0.635. The second kappa shape index (κ2) is 8.03. The molecule has 1 aromatic carbocycles. The Balaban J connectivity index is 1.42. The lowest BCUT2D eigenvalue weighted by Crippen LogP contribution is -2.45. The van der Waals surface area contributed by atoms with Crippen molar-refractivity contribution in [3.63, 3.8) is 0 Å². The summed E-state index contributed by atoms with van der Waals surface area (Å²) in [5.74, 6) is -0.171. The Hall–Kier alpha value is -2.25. The number of aromatic nitrogens is 3. The first kappa shape index (κ1) is 16.6. The van der Waals surface area contributed by atoms with Gasteiger partial charge in [0.15, 0.2) is 5.69 Å². The van der Waals surface area contributed by atoms with E-state index in [1.165, 1.54) is 11.0 Å². The van der Waals surface area contributed by atoms with Crippen molar-refractivity contribution < 1.29 is 4.79 Å². The standard InChI is InChI=1S/C17H24N6O/c1-21-10-12-22(13-11-21)9-5-8-18-17(24)16-14-19-23(20-16)15-6-3-2-4-7-15/h2-4,6-7,14H,5,8-13H2,1H3,(H,18,24). The summed E-state index contributed by atoms with van der Waals surface area (Å²) in [6.45, 7) is 6.13. The van der Waals surface area contributed by atoms with Gasteiger partial charge < -0.3 is 15.1 Å². The van der Waals surface area contributed by atoms with Gasteiger partial charge in [0.25, 0.3) is 5.91 Å². The first-order valence-corrected chi connectivity index (χ1v) is 8.39. The maximum atomic E-state index is 12.1. The summed E-state index contributed by atoms with van der Waals surface area (Å²) in [5.41, 5.74) is 1.19. The lowest BCUT2D eigenvalue weighted by Gasteiger charge is -2.32. The van der Waals surface area contributed by atoms with Crippen LogP contribution in [0.1, 0.15) is 16.9 Å². The minimum Gasteiger partial charge on any atom is -0.351 e. The predicted molar refractivity (Wildman–Crippen MR) is 92.2 cm³/mol. The number of piperazine rings is 1. The average Bonchev–Trinajstić information content (AvgIpc) is 3.11. The average molecular weight is 328 g/mol. The molecule has 1 fully saturated rings. The lowest BCUT2D eigenvalue weighted by molar-refractivity contribution is 0.0944. The van der Waals surface area contributed by atoms with Crippen LogP contribution < -0.4 is 5.32 Å². The molecule has 2 aromatic rings. The zero-order valence-electron chi connectivity index (χ0n) is 14.1. The molecule has 24 heavy (non-hydrogen) atoms. The Morgan fingerprint density at radius 3 is 2.67 bits per heavy atom. The van der Waals surface area contributed by atoms with E-state index in [0.717, 1.165) is 44.8 Å². The third-order valence-corrected chi connectivity index (χ3v) is 4.24. The zero-order chi connectivity index (χ0) is 16.8. The number of nitrogens with zero attached hydrogens (tertiary/aromatic N) is 5. The third kappa shape index (κ3) is 4.39. The minimum atomic E-state index is -0.171. The Morgan fingerprint density at radius 1 is 1.17 bits per heavy atom. The van der Waals surface area contributed by atoms with E-state index < -0.39 is 0 Å². The van der Waals surface area contributed by atoms with Crippen LogP contribution in [0.4, 0.5) is 0 Å². The van der Waals surface area contributed by atoms with Crippen LogP contribution in [-0.2, 0) is 0 Å². The molecular formula is C17H24N6O. The van der Waals surface area contributed by atoms with E-state index in [-0.39, 0.29) is 5.91 Å². The van der Waals surface area contributed by atoms with E-state index in [1.54, 1.807) is 0 Å². The number of amides is 1. The Morgan fingerprint density at radius 2 is 1.92 bits per heavy atom. The topological polar surface area (TPSA) is 66.3 Å². The SMILES string of the molecule is CN1CCN(CCCNC(=O)c2cnn(-c3ccccc3)n2)CC1. The van der Waals surface area contributed by atoms with Crippen molar-refractivity contribution in [1.29, 1.82) is 0 Å². The molecule has 0 atom stereocenters. The Kier molecular flexibility index (Phi) is 5.55. The van der Waals surface area contributed by atoms with Crippen molar-refractivity contribution in [2.45, 2.75) is 6.42 Å².